The van der Waals surface area contributed by atoms with E-state index in [1.165, 1.54) is 0 Å². The van der Waals surface area contributed by atoms with Crippen LogP contribution in [0, 0.1) is 11.8 Å². The number of carboxylic acid groups (broad SMARTS) is 1. The summed E-state index contributed by atoms with van der Waals surface area (Å²) in [4.78, 5) is 21.2. The summed E-state index contributed by atoms with van der Waals surface area (Å²) in [6, 6.07) is 6.74. The number of amides is 1. The highest BCUT2D eigenvalue weighted by Gasteiger charge is 1.98. The molecule has 0 heterocycles. The molecule has 1 aromatic rings. The van der Waals surface area contributed by atoms with Crippen LogP contribution in [-0.4, -0.2) is 22.9 Å². The minimum atomic E-state index is -0.955. The average Bonchev–Trinajstić information content (AvgIpc) is 2.31. The second-order valence-electron chi connectivity index (χ2n) is 3.13. The third-order valence-corrected chi connectivity index (χ3v) is 2.01. The van der Waals surface area contributed by atoms with Gasteiger partial charge in [-0.3, -0.25) is 9.59 Å². The molecule has 0 atom stereocenters. The van der Waals surface area contributed by atoms with Crippen LogP contribution in [0.2, 0.25) is 0 Å². The van der Waals surface area contributed by atoms with Crippen molar-refractivity contribution in [3.05, 3.63) is 29.8 Å². The van der Waals surface area contributed by atoms with Gasteiger partial charge in [0.2, 0.25) is 5.91 Å². The smallest absolute Gasteiger partial charge is 0.315 e. The van der Waals surface area contributed by atoms with Crippen molar-refractivity contribution in [1.82, 2.24) is 0 Å². The second-order valence-corrected chi connectivity index (χ2v) is 3.40. The SMILES string of the molecule is O=C(O)CC#Cc1ccc(NC(=O)CCl)cc1. The van der Waals surface area contributed by atoms with Crippen molar-refractivity contribution < 1.29 is 14.7 Å². The molecule has 88 valence electrons. The van der Waals surface area contributed by atoms with E-state index >= 15 is 0 Å². The van der Waals surface area contributed by atoms with Crippen molar-refractivity contribution in [2.24, 2.45) is 0 Å². The number of carboxylic acids is 1. The van der Waals surface area contributed by atoms with Crippen LogP contribution < -0.4 is 5.32 Å². The van der Waals surface area contributed by atoms with E-state index in [0.717, 1.165) is 0 Å². The van der Waals surface area contributed by atoms with Gasteiger partial charge >= 0.3 is 5.97 Å². The largest absolute Gasteiger partial charge is 0.481 e. The molecular formula is C12H10ClNO3. The van der Waals surface area contributed by atoms with Gasteiger partial charge in [0.05, 0.1) is 0 Å². The van der Waals surface area contributed by atoms with Crippen LogP contribution in [0.25, 0.3) is 0 Å². The number of nitrogens with one attached hydrogen (secondary N) is 1. The van der Waals surface area contributed by atoms with Gasteiger partial charge in [0.15, 0.2) is 0 Å². The van der Waals surface area contributed by atoms with Gasteiger partial charge in [-0.25, -0.2) is 0 Å². The monoisotopic (exact) mass is 251 g/mol. The van der Waals surface area contributed by atoms with Crippen molar-refractivity contribution in [3.63, 3.8) is 0 Å². The summed E-state index contributed by atoms with van der Waals surface area (Å²) >= 11 is 5.34. The Hall–Kier alpha value is -1.99. The van der Waals surface area contributed by atoms with E-state index in [9.17, 15) is 9.59 Å². The van der Waals surface area contributed by atoms with Gasteiger partial charge in [-0.15, -0.1) is 11.6 Å². The Morgan fingerprint density at radius 1 is 1.29 bits per heavy atom. The molecule has 0 spiro atoms. The van der Waals surface area contributed by atoms with E-state index in [4.69, 9.17) is 16.7 Å². The molecule has 0 aliphatic heterocycles. The maximum Gasteiger partial charge on any atom is 0.315 e. The summed E-state index contributed by atoms with van der Waals surface area (Å²) in [7, 11) is 0. The third-order valence-electron chi connectivity index (χ3n) is 1.76. The maximum absolute atomic E-state index is 11.0. The number of anilines is 1. The summed E-state index contributed by atoms with van der Waals surface area (Å²) in [5, 5.41) is 11.0. The summed E-state index contributed by atoms with van der Waals surface area (Å²) in [6.45, 7) is 0. The molecule has 0 unspecified atom stereocenters. The molecule has 0 aliphatic rings. The summed E-state index contributed by atoms with van der Waals surface area (Å²) < 4.78 is 0. The average molecular weight is 252 g/mol. The Morgan fingerprint density at radius 2 is 1.94 bits per heavy atom. The molecule has 0 bridgehead atoms. The number of benzene rings is 1. The number of aliphatic carboxylic acids is 1. The standard InChI is InChI=1S/C12H10ClNO3/c13-8-11(15)14-10-6-4-9(5-7-10)2-1-3-12(16)17/h4-7H,3,8H2,(H,14,15)(H,16,17). The Kier molecular flexibility index (Phi) is 5.05. The molecule has 2 N–H and O–H groups in total. The summed E-state index contributed by atoms with van der Waals surface area (Å²) in [6.07, 6.45) is -0.190. The van der Waals surface area contributed by atoms with Crippen molar-refractivity contribution in [1.29, 1.82) is 0 Å². The Labute approximate surface area is 104 Å². The second kappa shape index (κ2) is 6.56. The van der Waals surface area contributed by atoms with E-state index in [1.54, 1.807) is 24.3 Å². The van der Waals surface area contributed by atoms with E-state index in [1.807, 2.05) is 0 Å². The molecule has 0 fully saturated rings. The van der Waals surface area contributed by atoms with Gasteiger partial charge in [0, 0.05) is 11.3 Å². The zero-order valence-corrected chi connectivity index (χ0v) is 9.62. The topological polar surface area (TPSA) is 66.4 Å². The first-order valence-electron chi connectivity index (χ1n) is 4.78. The zero-order valence-electron chi connectivity index (χ0n) is 8.87. The van der Waals surface area contributed by atoms with Crippen LogP contribution in [0.15, 0.2) is 24.3 Å². The Bertz CT molecular complexity index is 471. The van der Waals surface area contributed by atoms with E-state index < -0.39 is 5.97 Å². The van der Waals surface area contributed by atoms with Gasteiger partial charge in [-0.1, -0.05) is 11.8 Å². The quantitative estimate of drug-likeness (QED) is 0.635. The minimum absolute atomic E-state index is 0.0971. The lowest BCUT2D eigenvalue weighted by Gasteiger charge is -2.01. The lowest BCUT2D eigenvalue weighted by Crippen LogP contribution is -2.12. The molecular weight excluding hydrogens is 242 g/mol. The van der Waals surface area contributed by atoms with Crippen LogP contribution in [0.4, 0.5) is 5.69 Å². The minimum Gasteiger partial charge on any atom is -0.481 e. The van der Waals surface area contributed by atoms with Gasteiger partial charge in [0.25, 0.3) is 0 Å². The lowest BCUT2D eigenvalue weighted by atomic mass is 10.2. The number of rotatable bonds is 3. The molecule has 5 heteroatoms. The molecule has 0 saturated heterocycles. The van der Waals surface area contributed by atoms with Gasteiger partial charge in [0.1, 0.15) is 12.3 Å². The fourth-order valence-corrected chi connectivity index (χ4v) is 1.12. The van der Waals surface area contributed by atoms with Crippen LogP contribution in [0.1, 0.15) is 12.0 Å². The van der Waals surface area contributed by atoms with Crippen LogP contribution in [0.5, 0.6) is 0 Å². The number of alkyl halides is 1. The molecule has 1 aromatic carbocycles. The molecule has 0 radical (unpaired) electrons. The Morgan fingerprint density at radius 3 is 2.47 bits per heavy atom. The first kappa shape index (κ1) is 13.1. The fraction of sp³-hybridized carbons (Fsp3) is 0.167. The molecule has 0 saturated carbocycles. The third kappa shape index (κ3) is 5.05. The van der Waals surface area contributed by atoms with Crippen molar-refractivity contribution in [2.75, 3.05) is 11.2 Å². The number of halogens is 1. The number of carbonyl (C=O) groups excluding carboxylic acids is 1. The highest BCUT2D eigenvalue weighted by molar-refractivity contribution is 6.29. The molecule has 0 aliphatic carbocycles. The Balaban J connectivity index is 2.63. The number of carbonyl (C=O) groups is 2. The van der Waals surface area contributed by atoms with Crippen molar-refractivity contribution in [2.45, 2.75) is 6.42 Å². The number of hydrogen-bond acceptors (Lipinski definition) is 2. The van der Waals surface area contributed by atoms with Gasteiger partial charge < -0.3 is 10.4 Å². The highest BCUT2D eigenvalue weighted by Crippen LogP contribution is 2.08. The molecule has 1 amide bonds. The van der Waals surface area contributed by atoms with Gasteiger partial charge in [-0.05, 0) is 24.3 Å². The fourth-order valence-electron chi connectivity index (χ4n) is 1.05. The van der Waals surface area contributed by atoms with Crippen LogP contribution >= 0.6 is 11.6 Å². The summed E-state index contributed by atoms with van der Waals surface area (Å²) in [5.74, 6) is 3.88. The zero-order chi connectivity index (χ0) is 12.7. The van der Waals surface area contributed by atoms with Crippen LogP contribution in [0.3, 0.4) is 0 Å². The first-order chi connectivity index (χ1) is 8.11. The van der Waals surface area contributed by atoms with Crippen molar-refractivity contribution in [3.8, 4) is 11.8 Å². The maximum atomic E-state index is 11.0. The van der Waals surface area contributed by atoms with E-state index in [2.05, 4.69) is 17.2 Å². The van der Waals surface area contributed by atoms with Gasteiger partial charge in [-0.2, -0.15) is 0 Å². The molecule has 0 aromatic heterocycles. The van der Waals surface area contributed by atoms with E-state index in [0.29, 0.717) is 11.3 Å². The molecule has 17 heavy (non-hydrogen) atoms. The lowest BCUT2D eigenvalue weighted by molar-refractivity contribution is -0.135. The number of hydrogen-bond donors (Lipinski definition) is 2. The molecule has 1 rings (SSSR count). The predicted octanol–water partition coefficient (Wildman–Crippen LogP) is 1.69. The molecule has 4 nitrogen and oxygen atoms in total. The summed E-state index contributed by atoms with van der Waals surface area (Å²) in [5.41, 5.74) is 1.31. The van der Waals surface area contributed by atoms with E-state index in [-0.39, 0.29) is 18.2 Å². The van der Waals surface area contributed by atoms with Crippen molar-refractivity contribution >= 4 is 29.2 Å². The predicted molar refractivity (Wildman–Crippen MR) is 64.9 cm³/mol. The highest BCUT2D eigenvalue weighted by atomic mass is 35.5. The normalized spacial score (nSPS) is 9.00. The first-order valence-corrected chi connectivity index (χ1v) is 5.32. The van der Waals surface area contributed by atoms with Crippen LogP contribution in [-0.2, 0) is 9.59 Å².